The second-order valence-corrected chi connectivity index (χ2v) is 4.09. The summed E-state index contributed by atoms with van der Waals surface area (Å²) in [6.07, 6.45) is 2.45. The van der Waals surface area contributed by atoms with E-state index in [4.69, 9.17) is 11.5 Å². The van der Waals surface area contributed by atoms with Gasteiger partial charge in [0, 0.05) is 18.5 Å². The summed E-state index contributed by atoms with van der Waals surface area (Å²) in [7, 11) is 0. The summed E-state index contributed by atoms with van der Waals surface area (Å²) in [6.45, 7) is 2.38. The Bertz CT molecular complexity index is 255. The van der Waals surface area contributed by atoms with Gasteiger partial charge in [0.05, 0.1) is 6.54 Å². The summed E-state index contributed by atoms with van der Waals surface area (Å²) in [4.78, 5) is 24.2. The SMILES string of the molecule is CCN(CC(N)=O)C(=O)C1CCC(N)C1. The molecule has 0 saturated heterocycles. The topological polar surface area (TPSA) is 89.4 Å². The van der Waals surface area contributed by atoms with Gasteiger partial charge in [-0.05, 0) is 26.2 Å². The highest BCUT2D eigenvalue weighted by Gasteiger charge is 2.30. The molecule has 86 valence electrons. The molecule has 4 N–H and O–H groups in total. The second-order valence-electron chi connectivity index (χ2n) is 4.09. The summed E-state index contributed by atoms with van der Waals surface area (Å²) in [5.74, 6) is -0.462. The Balaban J connectivity index is 2.53. The van der Waals surface area contributed by atoms with Crippen LogP contribution in [0.2, 0.25) is 0 Å². The molecule has 0 aliphatic heterocycles. The molecule has 5 heteroatoms. The van der Waals surface area contributed by atoms with E-state index in [1.54, 1.807) is 0 Å². The first-order valence-electron chi connectivity index (χ1n) is 5.37. The highest BCUT2D eigenvalue weighted by molar-refractivity contribution is 5.85. The summed E-state index contributed by atoms with van der Waals surface area (Å²) in [5.41, 5.74) is 10.8. The average Bonchev–Trinajstić information content (AvgIpc) is 2.60. The number of hydrogen-bond acceptors (Lipinski definition) is 3. The van der Waals surface area contributed by atoms with Crippen molar-refractivity contribution < 1.29 is 9.59 Å². The zero-order valence-electron chi connectivity index (χ0n) is 9.11. The van der Waals surface area contributed by atoms with Gasteiger partial charge < -0.3 is 16.4 Å². The lowest BCUT2D eigenvalue weighted by Crippen LogP contribution is -2.41. The Labute approximate surface area is 89.8 Å². The first-order valence-corrected chi connectivity index (χ1v) is 5.37. The van der Waals surface area contributed by atoms with Gasteiger partial charge in [-0.25, -0.2) is 0 Å². The molecule has 1 saturated carbocycles. The number of amides is 2. The first-order chi connectivity index (χ1) is 7.04. The molecule has 2 atom stereocenters. The molecule has 0 spiro atoms. The number of nitrogens with two attached hydrogens (primary N) is 2. The van der Waals surface area contributed by atoms with Crippen LogP contribution in [-0.4, -0.2) is 35.8 Å². The van der Waals surface area contributed by atoms with Crippen molar-refractivity contribution in [3.63, 3.8) is 0 Å². The van der Waals surface area contributed by atoms with E-state index in [1.807, 2.05) is 6.92 Å². The van der Waals surface area contributed by atoms with E-state index in [1.165, 1.54) is 4.90 Å². The Morgan fingerprint density at radius 2 is 2.07 bits per heavy atom. The predicted molar refractivity (Wildman–Crippen MR) is 56.8 cm³/mol. The van der Waals surface area contributed by atoms with Gasteiger partial charge in [0.25, 0.3) is 0 Å². The lowest BCUT2D eigenvalue weighted by Gasteiger charge is -2.22. The minimum absolute atomic E-state index is 0.0145. The van der Waals surface area contributed by atoms with Crippen molar-refractivity contribution in [2.75, 3.05) is 13.1 Å². The molecule has 2 amide bonds. The molecule has 5 nitrogen and oxygen atoms in total. The van der Waals surface area contributed by atoms with Crippen LogP contribution >= 0.6 is 0 Å². The van der Waals surface area contributed by atoms with E-state index in [0.717, 1.165) is 19.3 Å². The minimum Gasteiger partial charge on any atom is -0.368 e. The van der Waals surface area contributed by atoms with Crippen LogP contribution in [0.5, 0.6) is 0 Å². The molecule has 0 aromatic heterocycles. The van der Waals surface area contributed by atoms with Gasteiger partial charge in [-0.15, -0.1) is 0 Å². The van der Waals surface area contributed by atoms with Crippen molar-refractivity contribution in [2.45, 2.75) is 32.2 Å². The number of nitrogens with zero attached hydrogens (tertiary/aromatic N) is 1. The molecule has 0 radical (unpaired) electrons. The lowest BCUT2D eigenvalue weighted by atomic mass is 10.1. The fourth-order valence-corrected chi connectivity index (χ4v) is 2.03. The largest absolute Gasteiger partial charge is 0.368 e. The summed E-state index contributed by atoms with van der Waals surface area (Å²) < 4.78 is 0. The maximum Gasteiger partial charge on any atom is 0.237 e. The number of hydrogen-bond donors (Lipinski definition) is 2. The van der Waals surface area contributed by atoms with Gasteiger partial charge in [-0.1, -0.05) is 0 Å². The zero-order valence-corrected chi connectivity index (χ0v) is 9.11. The van der Waals surface area contributed by atoms with E-state index in [9.17, 15) is 9.59 Å². The molecule has 0 bridgehead atoms. The first kappa shape index (κ1) is 12.0. The third kappa shape index (κ3) is 3.20. The Morgan fingerprint density at radius 1 is 1.40 bits per heavy atom. The number of carbonyl (C=O) groups is 2. The van der Waals surface area contributed by atoms with Crippen LogP contribution in [0.3, 0.4) is 0 Å². The third-order valence-electron chi connectivity index (χ3n) is 2.86. The fraction of sp³-hybridized carbons (Fsp3) is 0.800. The van der Waals surface area contributed by atoms with E-state index < -0.39 is 5.91 Å². The van der Waals surface area contributed by atoms with Crippen molar-refractivity contribution in [1.82, 2.24) is 4.90 Å². The van der Waals surface area contributed by atoms with Gasteiger partial charge in [0.15, 0.2) is 0 Å². The zero-order chi connectivity index (χ0) is 11.4. The molecule has 15 heavy (non-hydrogen) atoms. The smallest absolute Gasteiger partial charge is 0.237 e. The minimum atomic E-state index is -0.465. The average molecular weight is 213 g/mol. The summed E-state index contributed by atoms with van der Waals surface area (Å²) in [5, 5.41) is 0. The standard InChI is InChI=1S/C10H19N3O2/c1-2-13(6-9(12)14)10(15)7-3-4-8(11)5-7/h7-8H,2-6,11H2,1H3,(H2,12,14). The van der Waals surface area contributed by atoms with E-state index in [0.29, 0.717) is 6.54 Å². The molecule has 0 heterocycles. The number of carbonyl (C=O) groups excluding carboxylic acids is 2. The molecule has 0 aromatic rings. The second kappa shape index (κ2) is 5.11. The number of rotatable bonds is 4. The van der Waals surface area contributed by atoms with Crippen LogP contribution in [0.1, 0.15) is 26.2 Å². The van der Waals surface area contributed by atoms with Gasteiger partial charge in [0.1, 0.15) is 0 Å². The molecule has 1 aliphatic carbocycles. The number of likely N-dealkylation sites (N-methyl/N-ethyl adjacent to an activating group) is 1. The molecular weight excluding hydrogens is 194 g/mol. The van der Waals surface area contributed by atoms with Crippen molar-refractivity contribution in [3.05, 3.63) is 0 Å². The van der Waals surface area contributed by atoms with Crippen LogP contribution in [0, 0.1) is 5.92 Å². The van der Waals surface area contributed by atoms with Crippen molar-refractivity contribution in [2.24, 2.45) is 17.4 Å². The van der Waals surface area contributed by atoms with Crippen LogP contribution < -0.4 is 11.5 Å². The predicted octanol–water partition coefficient (Wildman–Crippen LogP) is -0.552. The van der Waals surface area contributed by atoms with Crippen molar-refractivity contribution >= 4 is 11.8 Å². The van der Waals surface area contributed by atoms with Crippen molar-refractivity contribution in [1.29, 1.82) is 0 Å². The molecule has 0 aromatic carbocycles. The van der Waals surface area contributed by atoms with Gasteiger partial charge >= 0.3 is 0 Å². The Hall–Kier alpha value is -1.10. The Kier molecular flexibility index (Phi) is 4.08. The number of primary amides is 1. The van der Waals surface area contributed by atoms with E-state index in [-0.39, 0.29) is 24.4 Å². The molecule has 1 rings (SSSR count). The third-order valence-corrected chi connectivity index (χ3v) is 2.86. The quantitative estimate of drug-likeness (QED) is 0.656. The van der Waals surface area contributed by atoms with Gasteiger partial charge in [0.2, 0.25) is 11.8 Å². The van der Waals surface area contributed by atoms with Crippen LogP contribution in [0.25, 0.3) is 0 Å². The summed E-state index contributed by atoms with van der Waals surface area (Å²) in [6, 6.07) is 0.131. The lowest BCUT2D eigenvalue weighted by molar-refractivity contribution is -0.138. The van der Waals surface area contributed by atoms with Crippen LogP contribution in [-0.2, 0) is 9.59 Å². The molecule has 2 unspecified atom stereocenters. The van der Waals surface area contributed by atoms with Gasteiger partial charge in [-0.2, -0.15) is 0 Å². The summed E-state index contributed by atoms with van der Waals surface area (Å²) >= 11 is 0. The van der Waals surface area contributed by atoms with Crippen molar-refractivity contribution in [3.8, 4) is 0 Å². The maximum atomic E-state index is 11.9. The fourth-order valence-electron chi connectivity index (χ4n) is 2.03. The van der Waals surface area contributed by atoms with Crippen LogP contribution in [0.15, 0.2) is 0 Å². The Morgan fingerprint density at radius 3 is 2.47 bits per heavy atom. The van der Waals surface area contributed by atoms with Crippen LogP contribution in [0.4, 0.5) is 0 Å². The maximum absolute atomic E-state index is 11.9. The molecular formula is C10H19N3O2. The highest BCUT2D eigenvalue weighted by atomic mass is 16.2. The van der Waals surface area contributed by atoms with E-state index >= 15 is 0 Å². The monoisotopic (exact) mass is 213 g/mol. The van der Waals surface area contributed by atoms with E-state index in [2.05, 4.69) is 0 Å². The molecule has 1 aliphatic rings. The van der Waals surface area contributed by atoms with Gasteiger partial charge in [-0.3, -0.25) is 9.59 Å². The molecule has 1 fully saturated rings. The highest BCUT2D eigenvalue weighted by Crippen LogP contribution is 2.25. The normalized spacial score (nSPS) is 25.2.